The van der Waals surface area contributed by atoms with Gasteiger partial charge in [-0.15, -0.1) is 0 Å². The van der Waals surface area contributed by atoms with E-state index < -0.39 is 0 Å². The first-order valence-corrected chi connectivity index (χ1v) is 6.65. The molecule has 1 nitrogen and oxygen atoms in total. The van der Waals surface area contributed by atoms with Crippen LogP contribution in [0.4, 0.5) is 0 Å². The van der Waals surface area contributed by atoms with E-state index in [0.717, 1.165) is 0 Å². The number of hydrogen-bond acceptors (Lipinski definition) is 0. The van der Waals surface area contributed by atoms with Gasteiger partial charge in [0.1, 0.15) is 0 Å². The molecule has 104 valence electrons. The van der Waals surface area contributed by atoms with Gasteiger partial charge in [0, 0.05) is 142 Å². The second-order valence-electron chi connectivity index (χ2n) is 6.45. The van der Waals surface area contributed by atoms with Crippen molar-refractivity contribution in [2.45, 2.75) is 65.2 Å². The van der Waals surface area contributed by atoms with Crippen LogP contribution in [0.3, 0.4) is 0 Å². The molecule has 0 fully saturated rings. The van der Waals surface area contributed by atoms with Crippen LogP contribution >= 0.6 is 0 Å². The number of aromatic nitrogens is 1. The summed E-state index contributed by atoms with van der Waals surface area (Å²) in [4.78, 5) is 4.77. The normalized spacial score (nSPS) is 28.7. The van der Waals surface area contributed by atoms with Crippen LogP contribution in [0.1, 0.15) is 63.1 Å². The van der Waals surface area contributed by atoms with Crippen molar-refractivity contribution in [3.63, 3.8) is 0 Å². The minimum absolute atomic E-state index is 0. The fourth-order valence-corrected chi connectivity index (χ4v) is 4.40. The number of fused-ring (bicyclic) bond motifs is 1. The summed E-state index contributed by atoms with van der Waals surface area (Å²) in [5.74, 6) is 0. The van der Waals surface area contributed by atoms with Crippen LogP contribution < -0.4 is 4.98 Å². The third-order valence-electron chi connectivity index (χ3n) is 5.76. The van der Waals surface area contributed by atoms with E-state index in [4.69, 9.17) is 4.98 Å². The minimum Gasteiger partial charge on any atom is -0.665 e. The molecular formula is C16H22NY4-. The SMILES string of the molecule is CC1=C(C)C2(C)CCC1(C)c1c(C)[n-]c(C)c12.[Y].[Y].[Y].[Y]. The van der Waals surface area contributed by atoms with Crippen LogP contribution in [0, 0.1) is 13.8 Å². The number of allylic oxidation sites excluding steroid dienone is 2. The van der Waals surface area contributed by atoms with Crippen molar-refractivity contribution in [3.05, 3.63) is 33.7 Å². The Hall–Kier alpha value is 3.44. The molecule has 0 saturated carbocycles. The summed E-state index contributed by atoms with van der Waals surface area (Å²) in [7, 11) is 0. The maximum absolute atomic E-state index is 4.77. The van der Waals surface area contributed by atoms with Gasteiger partial charge in [0.25, 0.3) is 0 Å². The first-order chi connectivity index (χ1) is 7.82. The molecule has 21 heavy (non-hydrogen) atoms. The molecule has 1 aromatic rings. The molecule has 3 aliphatic carbocycles. The van der Waals surface area contributed by atoms with E-state index in [1.807, 2.05) is 0 Å². The molecule has 0 spiro atoms. The summed E-state index contributed by atoms with van der Waals surface area (Å²) in [6.07, 6.45) is 2.57. The molecule has 3 aliphatic rings. The van der Waals surface area contributed by atoms with Gasteiger partial charge in [-0.05, 0) is 26.7 Å². The standard InChI is InChI=1S/C16H22N.4Y/c1-9-10(2)16(6)8-7-15(9,5)13-11(3)17-12(4)14(13)16;;;;/h7-8H2,1-6H3;;;;/q-1;;;;. The largest absolute Gasteiger partial charge is 0.665 e. The molecule has 0 saturated heterocycles. The number of rotatable bonds is 0. The summed E-state index contributed by atoms with van der Waals surface area (Å²) in [5, 5.41) is 0. The predicted octanol–water partition coefficient (Wildman–Crippen LogP) is 3.91. The van der Waals surface area contributed by atoms with Crippen molar-refractivity contribution in [3.8, 4) is 0 Å². The molecule has 1 heterocycles. The zero-order valence-corrected chi connectivity index (χ0v) is 25.5. The number of aryl methyl sites for hydroxylation is 2. The molecule has 4 radical (unpaired) electrons. The molecule has 2 bridgehead atoms. The zero-order chi connectivity index (χ0) is 12.6. The number of hydrogen-bond donors (Lipinski definition) is 0. The van der Waals surface area contributed by atoms with E-state index in [9.17, 15) is 0 Å². The Balaban J connectivity index is 0. The summed E-state index contributed by atoms with van der Waals surface area (Å²) in [5.41, 5.74) is 9.31. The second kappa shape index (κ2) is 8.89. The Bertz CT molecular complexity index is 514. The van der Waals surface area contributed by atoms with Crippen molar-refractivity contribution in [1.29, 1.82) is 0 Å². The van der Waals surface area contributed by atoms with E-state index in [2.05, 4.69) is 41.5 Å². The van der Waals surface area contributed by atoms with E-state index in [1.54, 1.807) is 22.3 Å². The Morgan fingerprint density at radius 3 is 1.24 bits per heavy atom. The van der Waals surface area contributed by atoms with E-state index >= 15 is 0 Å². The second-order valence-corrected chi connectivity index (χ2v) is 6.45. The third kappa shape index (κ3) is 3.63. The molecule has 4 rings (SSSR count). The maximum Gasteiger partial charge on any atom is 0.0121 e. The van der Waals surface area contributed by atoms with Gasteiger partial charge in [-0.3, -0.25) is 0 Å². The maximum atomic E-state index is 4.77. The van der Waals surface area contributed by atoms with Crippen LogP contribution in [0.2, 0.25) is 0 Å². The molecule has 2 atom stereocenters. The average molecular weight is 584 g/mol. The van der Waals surface area contributed by atoms with Gasteiger partial charge >= 0.3 is 0 Å². The van der Waals surface area contributed by atoms with E-state index in [0.29, 0.717) is 0 Å². The molecule has 2 unspecified atom stereocenters. The smallest absolute Gasteiger partial charge is 0.0121 e. The molecular weight excluding hydrogens is 562 g/mol. The monoisotopic (exact) mass is 584 g/mol. The molecule has 5 heteroatoms. The fourth-order valence-electron chi connectivity index (χ4n) is 4.40. The van der Waals surface area contributed by atoms with Gasteiger partial charge in [-0.25, -0.2) is 0 Å². The topological polar surface area (TPSA) is 14.1 Å². The zero-order valence-electron chi connectivity index (χ0n) is 14.2. The average Bonchev–Trinajstić information content (AvgIpc) is 2.58. The van der Waals surface area contributed by atoms with Crippen LogP contribution in [-0.4, -0.2) is 0 Å². The van der Waals surface area contributed by atoms with Crippen LogP contribution in [0.25, 0.3) is 0 Å². The van der Waals surface area contributed by atoms with Gasteiger partial charge in [0.05, 0.1) is 0 Å². The molecule has 0 N–H and O–H groups in total. The minimum atomic E-state index is 0. The van der Waals surface area contributed by atoms with E-state index in [1.165, 1.54) is 24.2 Å². The van der Waals surface area contributed by atoms with Gasteiger partial charge in [-0.2, -0.15) is 11.4 Å². The summed E-state index contributed by atoms with van der Waals surface area (Å²) in [6, 6.07) is 0. The van der Waals surface area contributed by atoms with Crippen molar-refractivity contribution in [2.75, 3.05) is 0 Å². The van der Waals surface area contributed by atoms with Gasteiger partial charge < -0.3 is 4.98 Å². The van der Waals surface area contributed by atoms with Crippen LogP contribution in [0.5, 0.6) is 0 Å². The first kappa shape index (κ1) is 26.7. The Labute approximate surface area is 230 Å². The quantitative estimate of drug-likeness (QED) is 0.423. The summed E-state index contributed by atoms with van der Waals surface area (Å²) >= 11 is 0. The Morgan fingerprint density at radius 1 is 0.667 bits per heavy atom. The molecule has 1 aromatic heterocycles. The predicted molar refractivity (Wildman–Crippen MR) is 71.5 cm³/mol. The summed E-state index contributed by atoms with van der Waals surface area (Å²) in [6.45, 7) is 13.9. The van der Waals surface area contributed by atoms with Crippen LogP contribution in [-0.2, 0) is 142 Å². The number of nitrogens with zero attached hydrogens (tertiary/aromatic N) is 1. The molecule has 0 amide bonds. The molecule has 0 aliphatic heterocycles. The van der Waals surface area contributed by atoms with Gasteiger partial charge in [-0.1, -0.05) is 50.0 Å². The van der Waals surface area contributed by atoms with Crippen molar-refractivity contribution < 1.29 is 131 Å². The third-order valence-corrected chi connectivity index (χ3v) is 5.76. The van der Waals surface area contributed by atoms with Crippen molar-refractivity contribution in [2.24, 2.45) is 0 Å². The van der Waals surface area contributed by atoms with Crippen LogP contribution in [0.15, 0.2) is 11.1 Å². The van der Waals surface area contributed by atoms with Gasteiger partial charge in [0.15, 0.2) is 0 Å². The fraction of sp³-hybridized carbons (Fsp3) is 0.625. The van der Waals surface area contributed by atoms with E-state index in [-0.39, 0.29) is 142 Å². The molecule has 0 aromatic carbocycles. The van der Waals surface area contributed by atoms with Gasteiger partial charge in [0.2, 0.25) is 0 Å². The first-order valence-electron chi connectivity index (χ1n) is 6.65. The summed E-state index contributed by atoms with van der Waals surface area (Å²) < 4.78 is 0. The van der Waals surface area contributed by atoms with Crippen molar-refractivity contribution in [1.82, 2.24) is 4.98 Å². The van der Waals surface area contributed by atoms with Crippen molar-refractivity contribution >= 4 is 0 Å². The Kier molecular flexibility index (Phi) is 11.3. The Morgan fingerprint density at radius 2 is 0.952 bits per heavy atom.